The minimum Gasteiger partial charge on any atom is -0.304 e. The van der Waals surface area contributed by atoms with Gasteiger partial charge < -0.3 is 4.90 Å². The second-order valence-corrected chi connectivity index (χ2v) is 5.33. The molecule has 0 aromatic carbocycles. The molecule has 80 valence electrons. The number of hydrogen-bond donors (Lipinski definition) is 0. The van der Waals surface area contributed by atoms with Crippen LogP contribution in [0.4, 0.5) is 0 Å². The summed E-state index contributed by atoms with van der Waals surface area (Å²) in [6.45, 7) is 6.24. The van der Waals surface area contributed by atoms with Crippen molar-refractivity contribution >= 4 is 11.8 Å². The fourth-order valence-corrected chi connectivity index (χ4v) is 2.79. The SMILES string of the molecule is C=CC1=C(SC)CC(C)(N(C)C)CC1. The minimum atomic E-state index is 0.338. The van der Waals surface area contributed by atoms with Crippen molar-refractivity contribution in [3.05, 3.63) is 23.1 Å². The zero-order valence-corrected chi connectivity index (χ0v) is 10.6. The maximum atomic E-state index is 3.89. The third-order valence-electron chi connectivity index (χ3n) is 3.40. The van der Waals surface area contributed by atoms with Crippen molar-refractivity contribution in [2.24, 2.45) is 0 Å². The van der Waals surface area contributed by atoms with Gasteiger partial charge in [-0.25, -0.2) is 0 Å². The van der Waals surface area contributed by atoms with Crippen molar-refractivity contribution in [1.82, 2.24) is 4.90 Å². The lowest BCUT2D eigenvalue weighted by molar-refractivity contribution is 0.156. The molecule has 0 heterocycles. The molecule has 1 aliphatic carbocycles. The molecule has 1 unspecified atom stereocenters. The fraction of sp³-hybridized carbons (Fsp3) is 0.667. The first kappa shape index (κ1) is 11.9. The number of allylic oxidation sites excluding steroid dienone is 2. The summed E-state index contributed by atoms with van der Waals surface area (Å²) in [5.41, 5.74) is 1.79. The Hall–Kier alpha value is -0.210. The highest BCUT2D eigenvalue weighted by atomic mass is 32.2. The van der Waals surface area contributed by atoms with Gasteiger partial charge in [0, 0.05) is 5.54 Å². The first-order valence-corrected chi connectivity index (χ1v) is 6.32. The van der Waals surface area contributed by atoms with Crippen LogP contribution in [-0.4, -0.2) is 30.8 Å². The van der Waals surface area contributed by atoms with Gasteiger partial charge in [0.2, 0.25) is 0 Å². The van der Waals surface area contributed by atoms with Crippen molar-refractivity contribution in [2.45, 2.75) is 31.7 Å². The molecule has 0 aromatic rings. The zero-order chi connectivity index (χ0) is 10.8. The standard InChI is InChI=1S/C12H21NS/c1-6-10-7-8-12(2,13(3)4)9-11(10)14-5/h6H,1,7-9H2,2-5H3. The van der Waals surface area contributed by atoms with Crippen molar-refractivity contribution in [1.29, 1.82) is 0 Å². The maximum absolute atomic E-state index is 3.89. The summed E-state index contributed by atoms with van der Waals surface area (Å²) in [7, 11) is 4.35. The Morgan fingerprint density at radius 3 is 2.57 bits per heavy atom. The van der Waals surface area contributed by atoms with E-state index in [1.807, 2.05) is 17.8 Å². The molecule has 0 amide bonds. The molecule has 0 saturated heterocycles. The Kier molecular flexibility index (Phi) is 3.85. The van der Waals surface area contributed by atoms with Gasteiger partial charge in [0.1, 0.15) is 0 Å². The molecule has 2 heteroatoms. The van der Waals surface area contributed by atoms with Gasteiger partial charge in [-0.3, -0.25) is 0 Å². The summed E-state index contributed by atoms with van der Waals surface area (Å²) in [4.78, 5) is 3.87. The van der Waals surface area contributed by atoms with E-state index in [1.165, 1.54) is 29.7 Å². The van der Waals surface area contributed by atoms with Gasteiger partial charge in [-0.15, -0.1) is 11.8 Å². The highest BCUT2D eigenvalue weighted by molar-refractivity contribution is 8.02. The molecule has 14 heavy (non-hydrogen) atoms. The van der Waals surface area contributed by atoms with E-state index in [0.717, 1.165) is 0 Å². The third kappa shape index (κ3) is 2.23. The zero-order valence-electron chi connectivity index (χ0n) is 9.76. The van der Waals surface area contributed by atoms with Crippen LogP contribution in [0.25, 0.3) is 0 Å². The molecular formula is C12H21NS. The van der Waals surface area contributed by atoms with E-state index >= 15 is 0 Å². The van der Waals surface area contributed by atoms with Gasteiger partial charge in [-0.2, -0.15) is 0 Å². The monoisotopic (exact) mass is 211 g/mol. The summed E-state index contributed by atoms with van der Waals surface area (Å²) in [6, 6.07) is 0. The summed E-state index contributed by atoms with van der Waals surface area (Å²) in [6.07, 6.45) is 7.78. The molecule has 1 nitrogen and oxygen atoms in total. The van der Waals surface area contributed by atoms with Gasteiger partial charge in [-0.1, -0.05) is 12.7 Å². The quantitative estimate of drug-likeness (QED) is 0.704. The minimum absolute atomic E-state index is 0.338. The van der Waals surface area contributed by atoms with Gasteiger partial charge in [0.15, 0.2) is 0 Å². The molecule has 0 aromatic heterocycles. The van der Waals surface area contributed by atoms with Crippen LogP contribution in [0.15, 0.2) is 23.1 Å². The third-order valence-corrected chi connectivity index (χ3v) is 4.30. The van der Waals surface area contributed by atoms with E-state index < -0.39 is 0 Å². The Morgan fingerprint density at radius 1 is 1.50 bits per heavy atom. The molecule has 1 aliphatic rings. The van der Waals surface area contributed by atoms with E-state index in [2.05, 4.69) is 38.8 Å². The molecule has 1 rings (SSSR count). The average Bonchev–Trinajstić information content (AvgIpc) is 2.17. The van der Waals surface area contributed by atoms with Crippen LogP contribution in [0.1, 0.15) is 26.2 Å². The van der Waals surface area contributed by atoms with Crippen LogP contribution in [0.3, 0.4) is 0 Å². The smallest absolute Gasteiger partial charge is 0.0223 e. The van der Waals surface area contributed by atoms with Gasteiger partial charge in [0.25, 0.3) is 0 Å². The van der Waals surface area contributed by atoms with E-state index in [0.29, 0.717) is 5.54 Å². The van der Waals surface area contributed by atoms with Crippen LogP contribution in [-0.2, 0) is 0 Å². The Balaban J connectivity index is 2.88. The molecule has 0 saturated carbocycles. The molecule has 0 radical (unpaired) electrons. The number of hydrogen-bond acceptors (Lipinski definition) is 2. The van der Waals surface area contributed by atoms with Crippen molar-refractivity contribution in [3.63, 3.8) is 0 Å². The lowest BCUT2D eigenvalue weighted by atomic mass is 9.83. The molecule has 0 fully saturated rings. The Morgan fingerprint density at radius 2 is 2.14 bits per heavy atom. The van der Waals surface area contributed by atoms with Crippen LogP contribution in [0, 0.1) is 0 Å². The maximum Gasteiger partial charge on any atom is 0.0223 e. The summed E-state index contributed by atoms with van der Waals surface area (Å²) >= 11 is 1.88. The molecule has 0 spiro atoms. The molecule has 0 aliphatic heterocycles. The highest BCUT2D eigenvalue weighted by Gasteiger charge is 2.31. The fourth-order valence-electron chi connectivity index (χ4n) is 1.89. The van der Waals surface area contributed by atoms with Crippen molar-refractivity contribution in [3.8, 4) is 0 Å². The van der Waals surface area contributed by atoms with Crippen LogP contribution >= 0.6 is 11.8 Å². The molecular weight excluding hydrogens is 190 g/mol. The normalized spacial score (nSPS) is 28.4. The largest absolute Gasteiger partial charge is 0.304 e. The number of thioether (sulfide) groups is 1. The summed E-state index contributed by atoms with van der Waals surface area (Å²) < 4.78 is 0. The van der Waals surface area contributed by atoms with E-state index in [9.17, 15) is 0 Å². The number of rotatable bonds is 3. The van der Waals surface area contributed by atoms with E-state index in [1.54, 1.807) is 0 Å². The van der Waals surface area contributed by atoms with Crippen LogP contribution < -0.4 is 0 Å². The van der Waals surface area contributed by atoms with E-state index in [-0.39, 0.29) is 0 Å². The second-order valence-electron chi connectivity index (χ2n) is 4.42. The van der Waals surface area contributed by atoms with Crippen molar-refractivity contribution < 1.29 is 0 Å². The predicted molar refractivity (Wildman–Crippen MR) is 66.7 cm³/mol. The lowest BCUT2D eigenvalue weighted by Gasteiger charge is -2.41. The van der Waals surface area contributed by atoms with Crippen molar-refractivity contribution in [2.75, 3.05) is 20.4 Å². The average molecular weight is 211 g/mol. The molecule has 0 N–H and O–H groups in total. The summed E-state index contributed by atoms with van der Waals surface area (Å²) in [5, 5.41) is 0. The molecule has 0 bridgehead atoms. The van der Waals surface area contributed by atoms with Crippen LogP contribution in [0.5, 0.6) is 0 Å². The van der Waals surface area contributed by atoms with Gasteiger partial charge in [0.05, 0.1) is 0 Å². The topological polar surface area (TPSA) is 3.24 Å². The highest BCUT2D eigenvalue weighted by Crippen LogP contribution is 2.39. The second kappa shape index (κ2) is 4.54. The first-order valence-electron chi connectivity index (χ1n) is 5.09. The lowest BCUT2D eigenvalue weighted by Crippen LogP contribution is -2.43. The summed E-state index contributed by atoms with van der Waals surface area (Å²) in [5.74, 6) is 0. The Labute approximate surface area is 92.3 Å². The van der Waals surface area contributed by atoms with E-state index in [4.69, 9.17) is 0 Å². The van der Waals surface area contributed by atoms with Gasteiger partial charge >= 0.3 is 0 Å². The molecule has 1 atom stereocenters. The predicted octanol–water partition coefficient (Wildman–Crippen LogP) is 3.29. The Bertz CT molecular complexity index is 255. The number of nitrogens with zero attached hydrogens (tertiary/aromatic N) is 1. The first-order chi connectivity index (χ1) is 6.53. The van der Waals surface area contributed by atoms with Crippen LogP contribution in [0.2, 0.25) is 0 Å². The van der Waals surface area contributed by atoms with Gasteiger partial charge in [-0.05, 0) is 57.0 Å².